The van der Waals surface area contributed by atoms with Crippen LogP contribution in [-0.2, 0) is 25.5 Å². The van der Waals surface area contributed by atoms with E-state index >= 15 is 0 Å². The Labute approximate surface area is 305 Å². The van der Waals surface area contributed by atoms with Crippen molar-refractivity contribution >= 4 is 69.2 Å². The van der Waals surface area contributed by atoms with Gasteiger partial charge in [0.15, 0.2) is 5.75 Å². The highest BCUT2D eigenvalue weighted by atomic mass is 32.2. The molecule has 0 aliphatic rings. The molecule has 0 saturated carbocycles. The standard InChI is InChI=1S/C37H43N6O7PS/c1-9-49-51(7,45)32-17-14-24(22-31(32)47-5)39-35-38-19-18-33(42-35)50-30-16-15-27(25-12-10-11-13-26(25)30)40-36(44)41-28-20-23(37(2,3)4)21-29(34(28)48-6)43-52(8)46/h10-22,43H,9H2,1-8H3,(H,38,39,42)(H2,40,41,44). The number of urea groups is 1. The number of nitrogens with zero attached hydrogens (tertiary/aromatic N) is 2. The Bertz CT molecular complexity index is 2180. The van der Waals surface area contributed by atoms with Crippen molar-refractivity contribution in [2.75, 3.05) is 54.4 Å². The lowest BCUT2D eigenvalue weighted by Crippen LogP contribution is -2.21. The zero-order valence-corrected chi connectivity index (χ0v) is 32.0. The van der Waals surface area contributed by atoms with E-state index in [4.69, 9.17) is 18.7 Å². The van der Waals surface area contributed by atoms with Gasteiger partial charge in [0.25, 0.3) is 0 Å². The minimum atomic E-state index is -3.06. The van der Waals surface area contributed by atoms with Crippen molar-refractivity contribution < 1.29 is 32.3 Å². The van der Waals surface area contributed by atoms with E-state index in [1.807, 2.05) is 57.2 Å². The van der Waals surface area contributed by atoms with Gasteiger partial charge in [-0.05, 0) is 54.3 Å². The third-order valence-corrected chi connectivity index (χ3v) is 10.4. The smallest absolute Gasteiger partial charge is 0.323 e. The van der Waals surface area contributed by atoms with Crippen molar-refractivity contribution in [3.05, 3.63) is 84.6 Å². The lowest BCUT2D eigenvalue weighted by molar-refractivity contribution is 0.262. The first kappa shape index (κ1) is 38.1. The number of nitrogens with one attached hydrogen (secondary N) is 4. The normalized spacial score (nSPS) is 13.1. The number of anilines is 5. The van der Waals surface area contributed by atoms with Gasteiger partial charge in [-0.3, -0.25) is 4.57 Å². The van der Waals surface area contributed by atoms with Gasteiger partial charge >= 0.3 is 6.03 Å². The molecule has 0 radical (unpaired) electrons. The van der Waals surface area contributed by atoms with Gasteiger partial charge < -0.3 is 39.4 Å². The van der Waals surface area contributed by atoms with E-state index in [0.29, 0.717) is 51.9 Å². The van der Waals surface area contributed by atoms with Gasteiger partial charge in [0.05, 0.1) is 43.2 Å². The van der Waals surface area contributed by atoms with Crippen LogP contribution in [0.2, 0.25) is 0 Å². The molecule has 52 heavy (non-hydrogen) atoms. The van der Waals surface area contributed by atoms with Crippen LogP contribution in [0.3, 0.4) is 0 Å². The fourth-order valence-electron chi connectivity index (χ4n) is 5.46. The molecule has 4 N–H and O–H groups in total. The molecule has 2 amide bonds. The third kappa shape index (κ3) is 9.00. The molecule has 2 atom stereocenters. The molecule has 5 rings (SSSR count). The third-order valence-electron chi connectivity index (χ3n) is 7.89. The second-order valence-electron chi connectivity index (χ2n) is 12.7. The van der Waals surface area contributed by atoms with E-state index in [9.17, 15) is 13.6 Å². The molecule has 15 heteroatoms. The Morgan fingerprint density at radius 1 is 0.885 bits per heavy atom. The van der Waals surface area contributed by atoms with E-state index < -0.39 is 24.4 Å². The van der Waals surface area contributed by atoms with Crippen LogP contribution in [0, 0.1) is 0 Å². The monoisotopic (exact) mass is 746 g/mol. The average Bonchev–Trinajstić information content (AvgIpc) is 3.08. The first-order valence-corrected chi connectivity index (χ1v) is 20.0. The van der Waals surface area contributed by atoms with Crippen LogP contribution in [0.15, 0.2) is 79.0 Å². The Hall–Kier alpha value is -5.17. The van der Waals surface area contributed by atoms with Crippen LogP contribution in [0.1, 0.15) is 33.3 Å². The molecule has 0 bridgehead atoms. The molecule has 1 aromatic heterocycles. The second-order valence-corrected chi connectivity index (χ2v) is 16.3. The number of amides is 2. The van der Waals surface area contributed by atoms with Crippen LogP contribution in [-0.4, -0.2) is 54.0 Å². The highest BCUT2D eigenvalue weighted by Crippen LogP contribution is 2.45. The Morgan fingerprint density at radius 3 is 2.27 bits per heavy atom. The minimum absolute atomic E-state index is 0.262. The molecular formula is C37H43N6O7PS. The van der Waals surface area contributed by atoms with Crippen LogP contribution in [0.5, 0.6) is 23.1 Å². The topological polar surface area (TPSA) is 162 Å². The van der Waals surface area contributed by atoms with E-state index in [0.717, 1.165) is 16.3 Å². The van der Waals surface area contributed by atoms with Crippen molar-refractivity contribution in [2.45, 2.75) is 33.1 Å². The summed E-state index contributed by atoms with van der Waals surface area (Å²) in [5.74, 6) is 1.83. The van der Waals surface area contributed by atoms with E-state index in [1.54, 1.807) is 56.2 Å². The maximum absolute atomic E-state index is 13.4. The van der Waals surface area contributed by atoms with E-state index in [1.165, 1.54) is 20.5 Å². The number of rotatable bonds is 13. The predicted octanol–water partition coefficient (Wildman–Crippen LogP) is 8.40. The summed E-state index contributed by atoms with van der Waals surface area (Å²) >= 11 is 0. The molecule has 1 heterocycles. The van der Waals surface area contributed by atoms with Gasteiger partial charge in [-0.15, -0.1) is 0 Å². The summed E-state index contributed by atoms with van der Waals surface area (Å²) in [5.41, 5.74) is 2.73. The fraction of sp³-hybridized carbons (Fsp3) is 0.270. The number of carbonyl (C=O) groups is 1. The zero-order chi connectivity index (χ0) is 37.6. The zero-order valence-electron chi connectivity index (χ0n) is 30.3. The quantitative estimate of drug-likeness (QED) is 0.0861. The summed E-state index contributed by atoms with van der Waals surface area (Å²) in [5, 5.41) is 10.9. The number of methoxy groups -OCH3 is 2. The van der Waals surface area contributed by atoms with E-state index in [-0.39, 0.29) is 17.2 Å². The molecule has 0 aliphatic carbocycles. The lowest BCUT2D eigenvalue weighted by atomic mass is 9.86. The van der Waals surface area contributed by atoms with Crippen molar-refractivity contribution in [3.8, 4) is 23.1 Å². The largest absolute Gasteiger partial charge is 0.496 e. The summed E-state index contributed by atoms with van der Waals surface area (Å²) in [7, 11) is -1.43. The van der Waals surface area contributed by atoms with Gasteiger partial charge in [0, 0.05) is 47.7 Å². The average molecular weight is 747 g/mol. The van der Waals surface area contributed by atoms with E-state index in [2.05, 4.69) is 30.6 Å². The first-order valence-electron chi connectivity index (χ1n) is 16.3. The summed E-state index contributed by atoms with van der Waals surface area (Å²) < 4.78 is 50.8. The Balaban J connectivity index is 1.37. The van der Waals surface area contributed by atoms with Crippen LogP contribution in [0.4, 0.5) is 33.5 Å². The van der Waals surface area contributed by atoms with Gasteiger partial charge in [0.1, 0.15) is 22.5 Å². The molecule has 4 aromatic carbocycles. The van der Waals surface area contributed by atoms with Crippen LogP contribution in [0.25, 0.3) is 10.8 Å². The first-order chi connectivity index (χ1) is 24.7. The van der Waals surface area contributed by atoms with Crippen molar-refractivity contribution in [3.63, 3.8) is 0 Å². The van der Waals surface area contributed by atoms with Crippen LogP contribution >= 0.6 is 7.37 Å². The highest BCUT2D eigenvalue weighted by molar-refractivity contribution is 7.85. The van der Waals surface area contributed by atoms with Crippen molar-refractivity contribution in [1.82, 2.24) is 9.97 Å². The van der Waals surface area contributed by atoms with Gasteiger partial charge in [-0.2, -0.15) is 4.98 Å². The SMILES string of the molecule is CCOP(C)(=O)c1ccc(Nc2nccc(Oc3ccc(NC(=O)Nc4cc(C(C)(C)C)cc(NS(C)=O)c4OC)c4ccccc34)n2)cc1OC. The maximum Gasteiger partial charge on any atom is 0.323 e. The molecule has 0 saturated heterocycles. The van der Waals surface area contributed by atoms with Gasteiger partial charge in [-0.25, -0.2) is 14.0 Å². The molecule has 0 aliphatic heterocycles. The number of hydrogen-bond acceptors (Lipinski definition) is 10. The number of fused-ring (bicyclic) bond motifs is 1. The molecule has 0 fully saturated rings. The molecule has 274 valence electrons. The minimum Gasteiger partial charge on any atom is -0.496 e. The van der Waals surface area contributed by atoms with Gasteiger partial charge in [-0.1, -0.05) is 45.0 Å². The molecule has 2 unspecified atom stereocenters. The fourth-order valence-corrected chi connectivity index (χ4v) is 7.45. The van der Waals surface area contributed by atoms with Crippen molar-refractivity contribution in [2.24, 2.45) is 0 Å². The predicted molar refractivity (Wildman–Crippen MR) is 209 cm³/mol. The van der Waals surface area contributed by atoms with Crippen LogP contribution < -0.4 is 40.2 Å². The second kappa shape index (κ2) is 16.0. The number of hydrogen-bond donors (Lipinski definition) is 4. The maximum atomic E-state index is 13.4. The summed E-state index contributed by atoms with van der Waals surface area (Å²) in [6.45, 7) is 9.81. The molecule has 0 spiro atoms. The number of carbonyl (C=O) groups excluding carboxylic acids is 1. The Morgan fingerprint density at radius 2 is 1.60 bits per heavy atom. The lowest BCUT2D eigenvalue weighted by Gasteiger charge is -2.24. The summed E-state index contributed by atoms with van der Waals surface area (Å²) in [6, 6.07) is 21.0. The number of aromatic nitrogens is 2. The molecular weight excluding hydrogens is 703 g/mol. The summed E-state index contributed by atoms with van der Waals surface area (Å²) in [4.78, 5) is 22.3. The molecule has 13 nitrogen and oxygen atoms in total. The summed E-state index contributed by atoms with van der Waals surface area (Å²) in [6.07, 6.45) is 3.09. The molecule has 5 aromatic rings. The number of ether oxygens (including phenoxy) is 3. The Kier molecular flexibility index (Phi) is 11.7. The number of benzene rings is 4. The highest BCUT2D eigenvalue weighted by Gasteiger charge is 2.24. The van der Waals surface area contributed by atoms with Crippen molar-refractivity contribution in [1.29, 1.82) is 0 Å². The van der Waals surface area contributed by atoms with Gasteiger partial charge in [0.2, 0.25) is 19.2 Å².